The predicted octanol–water partition coefficient (Wildman–Crippen LogP) is 4.93. The molecule has 1 aromatic rings. The Morgan fingerprint density at radius 3 is 2.69 bits per heavy atom. The SMILES string of the molecule is C=C/C=C\C(=C/C)c1ccc(Cl)c(F)c1C. The fourth-order valence-electron chi connectivity index (χ4n) is 1.48. The maximum Gasteiger partial charge on any atom is 0.145 e. The van der Waals surface area contributed by atoms with Crippen LogP contribution >= 0.6 is 11.6 Å². The zero-order chi connectivity index (χ0) is 12.1. The van der Waals surface area contributed by atoms with Crippen molar-refractivity contribution in [2.45, 2.75) is 13.8 Å². The Labute approximate surface area is 101 Å². The van der Waals surface area contributed by atoms with Crippen molar-refractivity contribution >= 4 is 17.2 Å². The molecule has 16 heavy (non-hydrogen) atoms. The Kier molecular flexibility index (Phi) is 4.51. The van der Waals surface area contributed by atoms with Gasteiger partial charge in [-0.2, -0.15) is 0 Å². The highest BCUT2D eigenvalue weighted by Gasteiger charge is 2.09. The number of rotatable bonds is 3. The molecule has 1 rings (SSSR count). The molecule has 0 saturated heterocycles. The minimum atomic E-state index is -0.356. The Bertz CT molecular complexity index is 456. The summed E-state index contributed by atoms with van der Waals surface area (Å²) in [6.45, 7) is 7.24. The van der Waals surface area contributed by atoms with Gasteiger partial charge in [0, 0.05) is 0 Å². The van der Waals surface area contributed by atoms with Crippen LogP contribution in [-0.2, 0) is 0 Å². The zero-order valence-corrected chi connectivity index (χ0v) is 10.2. The van der Waals surface area contributed by atoms with E-state index in [0.29, 0.717) is 5.56 Å². The molecule has 0 nitrogen and oxygen atoms in total. The lowest BCUT2D eigenvalue weighted by atomic mass is 9.99. The van der Waals surface area contributed by atoms with Crippen LogP contribution in [0.3, 0.4) is 0 Å². The van der Waals surface area contributed by atoms with Crippen molar-refractivity contribution in [1.82, 2.24) is 0 Å². The maximum atomic E-state index is 13.6. The summed E-state index contributed by atoms with van der Waals surface area (Å²) < 4.78 is 13.6. The van der Waals surface area contributed by atoms with Gasteiger partial charge < -0.3 is 0 Å². The fraction of sp³-hybridized carbons (Fsp3) is 0.143. The Balaban J connectivity index is 3.27. The zero-order valence-electron chi connectivity index (χ0n) is 9.43. The summed E-state index contributed by atoms with van der Waals surface area (Å²) in [4.78, 5) is 0. The molecule has 0 spiro atoms. The second kappa shape index (κ2) is 5.66. The first kappa shape index (κ1) is 12.7. The minimum Gasteiger partial charge on any atom is -0.205 e. The molecule has 0 heterocycles. The van der Waals surface area contributed by atoms with Gasteiger partial charge in [0.2, 0.25) is 0 Å². The smallest absolute Gasteiger partial charge is 0.145 e. The molecular formula is C14H14ClF. The highest BCUT2D eigenvalue weighted by molar-refractivity contribution is 6.30. The second-order valence-corrected chi connectivity index (χ2v) is 3.78. The van der Waals surface area contributed by atoms with Crippen molar-refractivity contribution < 1.29 is 4.39 Å². The molecule has 0 saturated carbocycles. The van der Waals surface area contributed by atoms with Crippen LogP contribution in [0.4, 0.5) is 4.39 Å². The summed E-state index contributed by atoms with van der Waals surface area (Å²) in [5.41, 5.74) is 2.37. The van der Waals surface area contributed by atoms with Gasteiger partial charge in [0.1, 0.15) is 5.82 Å². The molecule has 0 amide bonds. The number of hydrogen-bond acceptors (Lipinski definition) is 0. The lowest BCUT2D eigenvalue weighted by molar-refractivity contribution is 0.618. The van der Waals surface area contributed by atoms with E-state index in [1.807, 2.05) is 31.2 Å². The van der Waals surface area contributed by atoms with Crippen molar-refractivity contribution in [3.05, 3.63) is 65.0 Å². The van der Waals surface area contributed by atoms with Crippen LogP contribution in [0, 0.1) is 12.7 Å². The highest BCUT2D eigenvalue weighted by atomic mass is 35.5. The fourth-order valence-corrected chi connectivity index (χ4v) is 1.68. The first-order valence-corrected chi connectivity index (χ1v) is 5.40. The van der Waals surface area contributed by atoms with Gasteiger partial charge in [0.05, 0.1) is 5.02 Å². The molecule has 84 valence electrons. The van der Waals surface area contributed by atoms with E-state index in [1.54, 1.807) is 19.1 Å². The third-order valence-electron chi connectivity index (χ3n) is 2.37. The van der Waals surface area contributed by atoms with Crippen LogP contribution in [-0.4, -0.2) is 0 Å². The first-order valence-electron chi connectivity index (χ1n) is 5.02. The molecule has 0 bridgehead atoms. The van der Waals surface area contributed by atoms with E-state index >= 15 is 0 Å². The van der Waals surface area contributed by atoms with Crippen LogP contribution in [0.5, 0.6) is 0 Å². The highest BCUT2D eigenvalue weighted by Crippen LogP contribution is 2.26. The van der Waals surface area contributed by atoms with Gasteiger partial charge in [-0.1, -0.05) is 48.6 Å². The molecule has 2 heteroatoms. The van der Waals surface area contributed by atoms with Crippen LogP contribution in [0.1, 0.15) is 18.1 Å². The minimum absolute atomic E-state index is 0.157. The topological polar surface area (TPSA) is 0 Å². The normalized spacial score (nSPS) is 12.1. The molecule has 0 aromatic heterocycles. The summed E-state index contributed by atoms with van der Waals surface area (Å²) in [6.07, 6.45) is 7.32. The number of halogens is 2. The largest absolute Gasteiger partial charge is 0.205 e. The van der Waals surface area contributed by atoms with Gasteiger partial charge in [-0.3, -0.25) is 0 Å². The molecule has 0 fully saturated rings. The molecular weight excluding hydrogens is 223 g/mol. The standard InChI is InChI=1S/C14H14ClF/c1-4-6-7-11(5-2)12-8-9-13(15)14(16)10(12)3/h4-9H,1H2,2-3H3/b7-6-,11-5+. The summed E-state index contributed by atoms with van der Waals surface area (Å²) in [5, 5.41) is 0.157. The monoisotopic (exact) mass is 236 g/mol. The van der Waals surface area contributed by atoms with Crippen LogP contribution < -0.4 is 0 Å². The van der Waals surface area contributed by atoms with Crippen molar-refractivity contribution in [2.75, 3.05) is 0 Å². The summed E-state index contributed by atoms with van der Waals surface area (Å²) in [5.74, 6) is -0.356. The van der Waals surface area contributed by atoms with E-state index in [9.17, 15) is 4.39 Å². The molecule has 0 aliphatic heterocycles. The second-order valence-electron chi connectivity index (χ2n) is 3.37. The summed E-state index contributed by atoms with van der Waals surface area (Å²) in [7, 11) is 0. The Hall–Kier alpha value is -1.34. The Morgan fingerprint density at radius 1 is 1.44 bits per heavy atom. The average Bonchev–Trinajstić information content (AvgIpc) is 2.29. The van der Waals surface area contributed by atoms with Crippen molar-refractivity contribution in [2.24, 2.45) is 0 Å². The van der Waals surface area contributed by atoms with Crippen molar-refractivity contribution in [3.8, 4) is 0 Å². The number of hydrogen-bond donors (Lipinski definition) is 0. The number of allylic oxidation sites excluding steroid dienone is 5. The summed E-state index contributed by atoms with van der Waals surface area (Å²) >= 11 is 5.71. The molecule has 0 atom stereocenters. The molecule has 0 aliphatic carbocycles. The van der Waals surface area contributed by atoms with Crippen LogP contribution in [0.2, 0.25) is 5.02 Å². The van der Waals surface area contributed by atoms with Crippen LogP contribution in [0.15, 0.2) is 43.0 Å². The van der Waals surface area contributed by atoms with Gasteiger partial charge in [-0.25, -0.2) is 4.39 Å². The average molecular weight is 237 g/mol. The molecule has 0 aliphatic rings. The lowest BCUT2D eigenvalue weighted by Crippen LogP contribution is -1.92. The lowest BCUT2D eigenvalue weighted by Gasteiger charge is -2.08. The predicted molar refractivity (Wildman–Crippen MR) is 69.1 cm³/mol. The molecule has 1 aromatic carbocycles. The van der Waals surface area contributed by atoms with E-state index < -0.39 is 0 Å². The molecule has 0 N–H and O–H groups in total. The molecule has 0 unspecified atom stereocenters. The summed E-state index contributed by atoms with van der Waals surface area (Å²) in [6, 6.07) is 3.40. The molecule has 0 radical (unpaired) electrons. The van der Waals surface area contributed by atoms with E-state index in [1.165, 1.54) is 0 Å². The van der Waals surface area contributed by atoms with Crippen LogP contribution in [0.25, 0.3) is 5.57 Å². The van der Waals surface area contributed by atoms with Gasteiger partial charge in [-0.15, -0.1) is 0 Å². The van der Waals surface area contributed by atoms with Gasteiger partial charge in [0.15, 0.2) is 0 Å². The third kappa shape index (κ3) is 2.61. The van der Waals surface area contributed by atoms with E-state index in [0.717, 1.165) is 11.1 Å². The van der Waals surface area contributed by atoms with Gasteiger partial charge in [0.25, 0.3) is 0 Å². The number of benzene rings is 1. The van der Waals surface area contributed by atoms with E-state index in [2.05, 4.69) is 6.58 Å². The maximum absolute atomic E-state index is 13.6. The first-order chi connectivity index (χ1) is 7.61. The van der Waals surface area contributed by atoms with E-state index in [4.69, 9.17) is 11.6 Å². The van der Waals surface area contributed by atoms with E-state index in [-0.39, 0.29) is 10.8 Å². The Morgan fingerprint density at radius 2 is 2.12 bits per heavy atom. The van der Waals surface area contributed by atoms with Crippen molar-refractivity contribution in [1.29, 1.82) is 0 Å². The third-order valence-corrected chi connectivity index (χ3v) is 2.67. The quantitative estimate of drug-likeness (QED) is 0.653. The van der Waals surface area contributed by atoms with Crippen molar-refractivity contribution in [3.63, 3.8) is 0 Å². The van der Waals surface area contributed by atoms with Gasteiger partial charge in [-0.05, 0) is 36.6 Å². The van der Waals surface area contributed by atoms with Gasteiger partial charge >= 0.3 is 0 Å².